The van der Waals surface area contributed by atoms with Crippen LogP contribution in [0.4, 0.5) is 18.9 Å². The molecular weight excluding hydrogens is 327 g/mol. The van der Waals surface area contributed by atoms with E-state index in [1.54, 1.807) is 13.2 Å². The van der Waals surface area contributed by atoms with Crippen molar-refractivity contribution in [3.05, 3.63) is 22.7 Å². The van der Waals surface area contributed by atoms with Crippen molar-refractivity contribution in [2.45, 2.75) is 12.6 Å². The molecular formula is C12H15BrF3NO2. The molecule has 0 radical (unpaired) electrons. The van der Waals surface area contributed by atoms with Crippen molar-refractivity contribution in [3.8, 4) is 5.75 Å². The molecule has 3 nitrogen and oxygen atoms in total. The van der Waals surface area contributed by atoms with Gasteiger partial charge < -0.3 is 14.8 Å². The molecule has 1 N–H and O–H groups in total. The molecule has 7 heteroatoms. The van der Waals surface area contributed by atoms with Crippen molar-refractivity contribution in [2.75, 3.05) is 32.2 Å². The maximum absolute atomic E-state index is 11.8. The highest BCUT2D eigenvalue weighted by molar-refractivity contribution is 9.10. The van der Waals surface area contributed by atoms with Crippen molar-refractivity contribution in [1.82, 2.24) is 0 Å². The van der Waals surface area contributed by atoms with Crippen molar-refractivity contribution < 1.29 is 22.6 Å². The number of methoxy groups -OCH3 is 1. The summed E-state index contributed by atoms with van der Waals surface area (Å²) >= 11 is 3.37. The van der Waals surface area contributed by atoms with Gasteiger partial charge in [-0.25, -0.2) is 0 Å². The monoisotopic (exact) mass is 341 g/mol. The van der Waals surface area contributed by atoms with Crippen LogP contribution in [0.25, 0.3) is 0 Å². The van der Waals surface area contributed by atoms with Crippen LogP contribution in [0.5, 0.6) is 5.75 Å². The number of hydrogen-bond donors (Lipinski definition) is 1. The van der Waals surface area contributed by atoms with E-state index in [9.17, 15) is 13.2 Å². The van der Waals surface area contributed by atoms with E-state index in [-0.39, 0.29) is 6.61 Å². The van der Waals surface area contributed by atoms with E-state index in [0.29, 0.717) is 18.7 Å². The second-order valence-electron chi connectivity index (χ2n) is 3.79. The van der Waals surface area contributed by atoms with Crippen molar-refractivity contribution in [1.29, 1.82) is 0 Å². The minimum atomic E-state index is -4.26. The Balaban J connectivity index is 2.26. The molecule has 0 spiro atoms. The van der Waals surface area contributed by atoms with E-state index in [4.69, 9.17) is 4.74 Å². The molecule has 1 rings (SSSR count). The average molecular weight is 342 g/mol. The van der Waals surface area contributed by atoms with E-state index >= 15 is 0 Å². The van der Waals surface area contributed by atoms with Gasteiger partial charge in [-0.15, -0.1) is 0 Å². The Bertz CT molecular complexity index is 399. The number of hydrogen-bond acceptors (Lipinski definition) is 3. The van der Waals surface area contributed by atoms with Crippen LogP contribution >= 0.6 is 15.9 Å². The van der Waals surface area contributed by atoms with Gasteiger partial charge in [0, 0.05) is 23.7 Å². The summed E-state index contributed by atoms with van der Waals surface area (Å²) < 4.78 is 45.9. The van der Waals surface area contributed by atoms with Gasteiger partial charge in [0.2, 0.25) is 0 Å². The zero-order chi connectivity index (χ0) is 14.3. The Kier molecular flexibility index (Phi) is 6.44. The number of rotatable bonds is 7. The van der Waals surface area contributed by atoms with E-state index in [1.807, 2.05) is 12.1 Å². The molecule has 1 aromatic rings. The summed E-state index contributed by atoms with van der Waals surface area (Å²) in [5.74, 6) is 0.707. The first-order chi connectivity index (χ1) is 8.92. The highest BCUT2D eigenvalue weighted by Gasteiger charge is 2.27. The van der Waals surface area contributed by atoms with Crippen LogP contribution in [-0.4, -0.2) is 33.0 Å². The van der Waals surface area contributed by atoms with E-state index < -0.39 is 12.8 Å². The van der Waals surface area contributed by atoms with Gasteiger partial charge >= 0.3 is 6.18 Å². The number of halogens is 4. The van der Waals surface area contributed by atoms with Gasteiger partial charge in [0.1, 0.15) is 12.4 Å². The molecule has 0 heterocycles. The van der Waals surface area contributed by atoms with Crippen LogP contribution in [0.15, 0.2) is 22.7 Å². The highest BCUT2D eigenvalue weighted by Crippen LogP contribution is 2.26. The molecule has 0 bridgehead atoms. The molecule has 19 heavy (non-hydrogen) atoms. The fourth-order valence-corrected chi connectivity index (χ4v) is 1.74. The highest BCUT2D eigenvalue weighted by atomic mass is 79.9. The minimum absolute atomic E-state index is 0.0636. The normalized spacial score (nSPS) is 11.4. The van der Waals surface area contributed by atoms with Gasteiger partial charge in [-0.1, -0.05) is 0 Å². The van der Waals surface area contributed by atoms with E-state index in [0.717, 1.165) is 10.2 Å². The van der Waals surface area contributed by atoms with Crippen LogP contribution < -0.4 is 10.1 Å². The van der Waals surface area contributed by atoms with Crippen LogP contribution in [0.3, 0.4) is 0 Å². The standard InChI is InChI=1S/C12H15BrF3NO2/c1-18-9-3-4-10(13)11(7-9)17-5-2-6-19-8-12(14,15)16/h3-4,7,17H,2,5-6,8H2,1H3. The first-order valence-electron chi connectivity index (χ1n) is 5.64. The summed E-state index contributed by atoms with van der Waals surface area (Å²) in [6, 6.07) is 5.45. The molecule has 0 aromatic heterocycles. The average Bonchev–Trinajstić information content (AvgIpc) is 2.34. The molecule has 108 valence electrons. The second-order valence-corrected chi connectivity index (χ2v) is 4.65. The van der Waals surface area contributed by atoms with Gasteiger partial charge in [0.05, 0.1) is 12.8 Å². The third kappa shape index (κ3) is 6.68. The smallest absolute Gasteiger partial charge is 0.411 e. The van der Waals surface area contributed by atoms with Gasteiger partial charge in [0.25, 0.3) is 0 Å². The van der Waals surface area contributed by atoms with Crippen LogP contribution in [-0.2, 0) is 4.74 Å². The summed E-state index contributed by atoms with van der Waals surface area (Å²) in [6.07, 6.45) is -3.77. The Morgan fingerprint density at radius 2 is 2.05 bits per heavy atom. The molecule has 0 aliphatic rings. The topological polar surface area (TPSA) is 30.5 Å². The van der Waals surface area contributed by atoms with Gasteiger partial charge in [-0.05, 0) is 34.5 Å². The second kappa shape index (κ2) is 7.59. The van der Waals surface area contributed by atoms with Crippen molar-refractivity contribution >= 4 is 21.6 Å². The van der Waals surface area contributed by atoms with Gasteiger partial charge in [-0.3, -0.25) is 0 Å². The number of ether oxygens (including phenoxy) is 2. The number of anilines is 1. The lowest BCUT2D eigenvalue weighted by atomic mass is 10.3. The van der Waals surface area contributed by atoms with Gasteiger partial charge in [-0.2, -0.15) is 13.2 Å². The molecule has 0 saturated carbocycles. The zero-order valence-corrected chi connectivity index (χ0v) is 12.0. The predicted molar refractivity (Wildman–Crippen MR) is 70.7 cm³/mol. The third-order valence-corrected chi connectivity index (χ3v) is 2.91. The molecule has 0 saturated heterocycles. The van der Waals surface area contributed by atoms with E-state index in [1.165, 1.54) is 0 Å². The Morgan fingerprint density at radius 3 is 2.68 bits per heavy atom. The fraction of sp³-hybridized carbons (Fsp3) is 0.500. The molecule has 0 fully saturated rings. The molecule has 0 aliphatic heterocycles. The van der Waals surface area contributed by atoms with Crippen LogP contribution in [0.1, 0.15) is 6.42 Å². The molecule has 1 aromatic carbocycles. The summed E-state index contributed by atoms with van der Waals surface area (Å²) in [6.45, 7) is -0.617. The lowest BCUT2D eigenvalue weighted by Gasteiger charge is -2.11. The van der Waals surface area contributed by atoms with Crippen LogP contribution in [0.2, 0.25) is 0 Å². The first-order valence-corrected chi connectivity index (χ1v) is 6.43. The van der Waals surface area contributed by atoms with Crippen molar-refractivity contribution in [2.24, 2.45) is 0 Å². The van der Waals surface area contributed by atoms with Gasteiger partial charge in [0.15, 0.2) is 0 Å². The lowest BCUT2D eigenvalue weighted by molar-refractivity contribution is -0.173. The molecule has 0 atom stereocenters. The summed E-state index contributed by atoms with van der Waals surface area (Å²) in [5.41, 5.74) is 0.829. The van der Waals surface area contributed by atoms with E-state index in [2.05, 4.69) is 26.0 Å². The first kappa shape index (κ1) is 16.1. The maximum Gasteiger partial charge on any atom is 0.411 e. The Morgan fingerprint density at radius 1 is 1.32 bits per heavy atom. The fourth-order valence-electron chi connectivity index (χ4n) is 1.35. The summed E-state index contributed by atoms with van der Waals surface area (Å²) in [4.78, 5) is 0. The predicted octanol–water partition coefficient (Wildman–Crippen LogP) is 3.84. The largest absolute Gasteiger partial charge is 0.497 e. The quantitative estimate of drug-likeness (QED) is 0.764. The minimum Gasteiger partial charge on any atom is -0.497 e. The number of alkyl halides is 3. The molecule has 0 unspecified atom stereocenters. The maximum atomic E-state index is 11.8. The molecule has 0 aliphatic carbocycles. The number of benzene rings is 1. The zero-order valence-electron chi connectivity index (χ0n) is 10.4. The SMILES string of the molecule is COc1ccc(Br)c(NCCCOCC(F)(F)F)c1. The number of nitrogens with one attached hydrogen (secondary N) is 1. The Labute approximate surface area is 118 Å². The third-order valence-electron chi connectivity index (χ3n) is 2.22. The summed E-state index contributed by atoms with van der Waals surface area (Å²) in [5, 5.41) is 3.10. The van der Waals surface area contributed by atoms with Crippen LogP contribution in [0, 0.1) is 0 Å². The molecule has 0 amide bonds. The summed E-state index contributed by atoms with van der Waals surface area (Å²) in [7, 11) is 1.57. The Hall–Kier alpha value is -0.950. The lowest BCUT2D eigenvalue weighted by Crippen LogP contribution is -2.18. The van der Waals surface area contributed by atoms with Crippen molar-refractivity contribution in [3.63, 3.8) is 0 Å².